The fraction of sp³-hybridized carbons (Fsp3) is 0.286. The summed E-state index contributed by atoms with van der Waals surface area (Å²) in [5.74, 6) is 0.869. The van der Waals surface area contributed by atoms with Crippen molar-refractivity contribution in [1.29, 1.82) is 0 Å². The van der Waals surface area contributed by atoms with Gasteiger partial charge in [-0.1, -0.05) is 12.1 Å². The summed E-state index contributed by atoms with van der Waals surface area (Å²) in [7, 11) is 0. The largest absolute Gasteiger partial charge is 0.369 e. The second-order valence-corrected chi connectivity index (χ2v) is 7.74. The number of piperidine rings is 1. The van der Waals surface area contributed by atoms with Gasteiger partial charge in [-0.2, -0.15) is 10.2 Å². The molecule has 3 aromatic heterocycles. The van der Waals surface area contributed by atoms with Gasteiger partial charge in [0.25, 0.3) is 0 Å². The molecule has 5 rings (SSSR count). The smallest absolute Gasteiger partial charge is 0.231 e. The Hall–Kier alpha value is -3.79. The fourth-order valence-corrected chi connectivity index (χ4v) is 4.11. The normalized spacial score (nSPS) is 15.4. The molecule has 0 spiro atoms. The van der Waals surface area contributed by atoms with E-state index in [4.69, 9.17) is 5.73 Å². The van der Waals surface area contributed by atoms with Gasteiger partial charge >= 0.3 is 0 Å². The van der Waals surface area contributed by atoms with Crippen LogP contribution in [0.15, 0.2) is 49.2 Å². The van der Waals surface area contributed by atoms with Crippen LogP contribution in [0.5, 0.6) is 0 Å². The Balaban J connectivity index is 1.30. The Morgan fingerprint density at radius 3 is 2.68 bits per heavy atom. The van der Waals surface area contributed by atoms with Gasteiger partial charge in [0, 0.05) is 17.4 Å². The van der Waals surface area contributed by atoms with E-state index >= 15 is 0 Å². The van der Waals surface area contributed by atoms with Crippen LogP contribution >= 0.6 is 0 Å². The van der Waals surface area contributed by atoms with Crippen LogP contribution < -0.4 is 11.1 Å². The molecule has 4 aromatic rings. The molecule has 4 N–H and O–H groups in total. The molecule has 1 amide bonds. The van der Waals surface area contributed by atoms with E-state index in [1.165, 1.54) is 11.9 Å². The number of rotatable bonds is 6. The molecule has 1 saturated heterocycles. The number of hydrogen-bond acceptors (Lipinski definition) is 7. The number of hydrogen-bond donors (Lipinski definition) is 3. The number of nitrogens with zero attached hydrogens (tertiary/aromatic N) is 6. The number of aromatic nitrogens is 6. The lowest BCUT2D eigenvalue weighted by Gasteiger charge is -2.31. The highest BCUT2D eigenvalue weighted by Gasteiger charge is 2.21. The van der Waals surface area contributed by atoms with Gasteiger partial charge in [0.1, 0.15) is 6.33 Å². The molecule has 4 heterocycles. The van der Waals surface area contributed by atoms with E-state index in [0.29, 0.717) is 23.9 Å². The van der Waals surface area contributed by atoms with Crippen LogP contribution in [0.4, 0.5) is 11.5 Å². The first-order valence-corrected chi connectivity index (χ1v) is 10.2. The van der Waals surface area contributed by atoms with Gasteiger partial charge in [-0.05, 0) is 49.5 Å². The van der Waals surface area contributed by atoms with E-state index in [-0.39, 0.29) is 5.91 Å². The first kappa shape index (κ1) is 19.2. The summed E-state index contributed by atoms with van der Waals surface area (Å²) in [6, 6.07) is 8.42. The summed E-state index contributed by atoms with van der Waals surface area (Å²) < 4.78 is 1.74. The number of H-pyrrole nitrogens is 1. The summed E-state index contributed by atoms with van der Waals surface area (Å²) in [5, 5.41) is 14.5. The number of nitrogens with two attached hydrogens (primary N) is 1. The Morgan fingerprint density at radius 2 is 1.97 bits per heavy atom. The maximum Gasteiger partial charge on any atom is 0.231 e. The number of nitrogens with one attached hydrogen (secondary N) is 2. The second kappa shape index (κ2) is 8.15. The van der Waals surface area contributed by atoms with Crippen LogP contribution in [-0.2, 0) is 4.79 Å². The van der Waals surface area contributed by atoms with E-state index in [2.05, 4.69) is 59.7 Å². The first-order valence-electron chi connectivity index (χ1n) is 10.2. The average molecular weight is 417 g/mol. The maximum atomic E-state index is 11.1. The summed E-state index contributed by atoms with van der Waals surface area (Å²) in [6.45, 7) is 2.13. The highest BCUT2D eigenvalue weighted by Crippen LogP contribution is 2.30. The highest BCUT2D eigenvalue weighted by molar-refractivity contribution is 5.76. The van der Waals surface area contributed by atoms with Crippen molar-refractivity contribution in [3.05, 3.63) is 54.7 Å². The monoisotopic (exact) mass is 417 g/mol. The van der Waals surface area contributed by atoms with Gasteiger partial charge < -0.3 is 11.1 Å². The van der Waals surface area contributed by atoms with Gasteiger partial charge in [0.15, 0.2) is 11.5 Å². The molecule has 0 atom stereocenters. The third kappa shape index (κ3) is 3.97. The molecule has 31 heavy (non-hydrogen) atoms. The number of primary amides is 1. The van der Waals surface area contributed by atoms with Crippen LogP contribution in [-0.4, -0.2) is 60.2 Å². The SMILES string of the molecule is NC(=O)CN1CCC(c2ccc(Nc3ncc(-c4cn[nH]c4)n4ncnc34)cc2)CC1. The minimum Gasteiger partial charge on any atom is -0.369 e. The summed E-state index contributed by atoms with van der Waals surface area (Å²) in [4.78, 5) is 22.1. The third-order valence-corrected chi connectivity index (χ3v) is 5.71. The zero-order valence-electron chi connectivity index (χ0n) is 16.9. The van der Waals surface area contributed by atoms with E-state index in [0.717, 1.165) is 42.9 Å². The first-order chi connectivity index (χ1) is 15.2. The van der Waals surface area contributed by atoms with Crippen LogP contribution in [0.1, 0.15) is 24.3 Å². The van der Waals surface area contributed by atoms with Crippen molar-refractivity contribution < 1.29 is 4.79 Å². The standard InChI is InChI=1S/C21H23N9O/c22-19(31)12-29-7-5-15(6-8-29)14-1-3-17(4-2-14)28-20-21-24-13-27-30(21)18(11-23-20)16-9-25-26-10-16/h1-4,9-11,13,15H,5-8,12H2,(H2,22,31)(H,23,28)(H,25,26). The topological polar surface area (TPSA) is 130 Å². The quantitative estimate of drug-likeness (QED) is 0.437. The van der Waals surface area contributed by atoms with Gasteiger partial charge in [-0.15, -0.1) is 0 Å². The van der Waals surface area contributed by atoms with Crippen molar-refractivity contribution in [3.8, 4) is 11.3 Å². The predicted octanol–water partition coefficient (Wildman–Crippen LogP) is 1.92. The van der Waals surface area contributed by atoms with Crippen molar-refractivity contribution in [2.24, 2.45) is 5.73 Å². The molecule has 1 aromatic carbocycles. The third-order valence-electron chi connectivity index (χ3n) is 5.71. The number of anilines is 2. The molecule has 0 aliphatic carbocycles. The molecular formula is C21H23N9O. The number of benzene rings is 1. The van der Waals surface area contributed by atoms with Gasteiger partial charge in [-0.25, -0.2) is 14.5 Å². The number of amides is 1. The van der Waals surface area contributed by atoms with Crippen molar-refractivity contribution >= 4 is 23.1 Å². The van der Waals surface area contributed by atoms with Crippen molar-refractivity contribution in [2.75, 3.05) is 25.0 Å². The zero-order valence-corrected chi connectivity index (χ0v) is 16.9. The minimum atomic E-state index is -0.262. The lowest BCUT2D eigenvalue weighted by Crippen LogP contribution is -2.39. The number of aromatic amines is 1. The van der Waals surface area contributed by atoms with E-state index in [1.807, 2.05) is 0 Å². The van der Waals surface area contributed by atoms with Gasteiger partial charge in [0.05, 0.1) is 24.6 Å². The number of likely N-dealkylation sites (tertiary alicyclic amines) is 1. The molecule has 158 valence electrons. The molecular weight excluding hydrogens is 394 g/mol. The van der Waals surface area contributed by atoms with Crippen molar-refractivity contribution in [2.45, 2.75) is 18.8 Å². The molecule has 0 unspecified atom stereocenters. The lowest BCUT2D eigenvalue weighted by atomic mass is 9.89. The highest BCUT2D eigenvalue weighted by atomic mass is 16.1. The molecule has 10 nitrogen and oxygen atoms in total. The predicted molar refractivity (Wildman–Crippen MR) is 116 cm³/mol. The van der Waals surface area contributed by atoms with Crippen molar-refractivity contribution in [1.82, 2.24) is 34.7 Å². The lowest BCUT2D eigenvalue weighted by molar-refractivity contribution is -0.119. The van der Waals surface area contributed by atoms with Gasteiger partial charge in [-0.3, -0.25) is 14.8 Å². The Kier molecular flexibility index (Phi) is 5.04. The van der Waals surface area contributed by atoms with Gasteiger partial charge in [0.2, 0.25) is 5.91 Å². The number of carbonyl (C=O) groups excluding carboxylic acids is 1. The summed E-state index contributed by atoms with van der Waals surface area (Å²) in [5.41, 5.74) is 9.89. The van der Waals surface area contributed by atoms with Crippen molar-refractivity contribution in [3.63, 3.8) is 0 Å². The van der Waals surface area contributed by atoms with E-state index < -0.39 is 0 Å². The number of carbonyl (C=O) groups is 1. The number of fused-ring (bicyclic) bond motifs is 1. The average Bonchev–Trinajstić information content (AvgIpc) is 3.47. The molecule has 10 heteroatoms. The Labute approximate surface area is 178 Å². The maximum absolute atomic E-state index is 11.1. The van der Waals surface area contributed by atoms with Crippen LogP contribution in [0, 0.1) is 0 Å². The summed E-state index contributed by atoms with van der Waals surface area (Å²) in [6.07, 6.45) is 8.84. The molecule has 1 aliphatic heterocycles. The Morgan fingerprint density at radius 1 is 1.16 bits per heavy atom. The molecule has 0 radical (unpaired) electrons. The summed E-state index contributed by atoms with van der Waals surface area (Å²) >= 11 is 0. The van der Waals surface area contributed by atoms with E-state index in [9.17, 15) is 4.79 Å². The zero-order chi connectivity index (χ0) is 21.2. The van der Waals surface area contributed by atoms with E-state index in [1.54, 1.807) is 23.1 Å². The minimum absolute atomic E-state index is 0.262. The molecule has 1 fully saturated rings. The van der Waals surface area contributed by atoms with Crippen LogP contribution in [0.2, 0.25) is 0 Å². The second-order valence-electron chi connectivity index (χ2n) is 7.74. The Bertz CT molecular complexity index is 1180. The van der Waals surface area contributed by atoms with Crippen LogP contribution in [0.3, 0.4) is 0 Å². The molecule has 0 bridgehead atoms. The van der Waals surface area contributed by atoms with Crippen LogP contribution in [0.25, 0.3) is 16.9 Å². The fourth-order valence-electron chi connectivity index (χ4n) is 4.11. The molecule has 0 saturated carbocycles. The molecule has 1 aliphatic rings.